The SMILES string of the molecule is SCC(S)CSSCC(S)CSCC(S)CSSCC(S)CSCC(S)CSSCC(S)CS. The highest BCUT2D eigenvalue weighted by atomic mass is 33.1. The second-order valence-corrected chi connectivity index (χ2v) is 22.0. The maximum Gasteiger partial charge on any atom is 0.0206 e. The molecule has 0 rings (SSSR count). The molecule has 0 heterocycles. The quantitative estimate of drug-likeness (QED) is 0.0263. The van der Waals surface area contributed by atoms with Crippen LogP contribution in [-0.2, 0) is 0 Å². The van der Waals surface area contributed by atoms with Crippen LogP contribution in [0, 0.1) is 0 Å². The highest BCUT2D eigenvalue weighted by Crippen LogP contribution is 2.30. The summed E-state index contributed by atoms with van der Waals surface area (Å²) >= 11 is 40.3. The molecule has 0 fully saturated rings. The second-order valence-electron chi connectivity index (χ2n) is 7.07. The molecule has 0 aliphatic rings. The molecular formula is C18H38S16. The van der Waals surface area contributed by atoms with E-state index in [0.717, 1.165) is 69.0 Å². The number of rotatable bonds is 25. The van der Waals surface area contributed by atoms with Gasteiger partial charge in [-0.05, 0) is 0 Å². The first-order chi connectivity index (χ1) is 16.3. The van der Waals surface area contributed by atoms with Gasteiger partial charge in [0.05, 0.1) is 0 Å². The standard InChI is InChI=1S/C18H38S16/c19-1-13(21)7-29-31-9-15(23)3-27-5-17(25)11-33-34-12-18(26)6-28-4-16(24)10-32-30-8-14(22)2-20/h13-26H,1-12H2. The molecule has 0 bridgehead atoms. The van der Waals surface area contributed by atoms with Crippen molar-refractivity contribution >= 4 is 189 Å². The fraction of sp³-hybridized carbons (Fsp3) is 1.00. The smallest absolute Gasteiger partial charge is 0.0206 e. The zero-order valence-electron chi connectivity index (χ0n) is 18.8. The van der Waals surface area contributed by atoms with Gasteiger partial charge in [-0.3, -0.25) is 0 Å². The topological polar surface area (TPSA) is 0 Å². The number of hydrogen-bond donors (Lipinski definition) is 8. The largest absolute Gasteiger partial charge is 0.178 e. The lowest BCUT2D eigenvalue weighted by atomic mass is 10.5. The summed E-state index contributed by atoms with van der Waals surface area (Å²) in [7, 11) is 11.4. The van der Waals surface area contributed by atoms with Crippen LogP contribution in [0.4, 0.5) is 0 Å². The van der Waals surface area contributed by atoms with Gasteiger partial charge in [0.1, 0.15) is 0 Å². The van der Waals surface area contributed by atoms with Gasteiger partial charge < -0.3 is 0 Å². The van der Waals surface area contributed by atoms with Crippen molar-refractivity contribution in [2.75, 3.05) is 69.0 Å². The molecule has 6 atom stereocenters. The first kappa shape index (κ1) is 39.6. The molecule has 0 radical (unpaired) electrons. The zero-order valence-corrected chi connectivity index (χ0v) is 32.5. The van der Waals surface area contributed by atoms with Gasteiger partial charge in [0.25, 0.3) is 0 Å². The van der Waals surface area contributed by atoms with Gasteiger partial charge in [0.15, 0.2) is 0 Å². The predicted molar refractivity (Wildman–Crippen MR) is 214 cm³/mol. The molecular weight excluding hydrogens is 729 g/mol. The first-order valence-electron chi connectivity index (χ1n) is 10.5. The minimum atomic E-state index is 0.374. The van der Waals surface area contributed by atoms with E-state index in [-0.39, 0.29) is 0 Å². The van der Waals surface area contributed by atoms with Gasteiger partial charge in [-0.15, -0.1) is 0 Å². The minimum Gasteiger partial charge on any atom is -0.178 e. The van der Waals surface area contributed by atoms with Crippen molar-refractivity contribution in [1.82, 2.24) is 0 Å². The minimum absolute atomic E-state index is 0.374. The Balaban J connectivity index is 3.55. The van der Waals surface area contributed by atoms with Crippen molar-refractivity contribution in [1.29, 1.82) is 0 Å². The van der Waals surface area contributed by atoms with E-state index in [4.69, 9.17) is 50.5 Å². The Kier molecular flexibility index (Phi) is 33.4. The molecule has 0 saturated heterocycles. The van der Waals surface area contributed by atoms with E-state index in [1.54, 1.807) is 0 Å². The Hall–Kier alpha value is 5.60. The molecule has 34 heavy (non-hydrogen) atoms. The molecule has 16 heteroatoms. The van der Waals surface area contributed by atoms with Crippen LogP contribution >= 0.6 is 189 Å². The summed E-state index contributed by atoms with van der Waals surface area (Å²) in [5.41, 5.74) is 0. The van der Waals surface area contributed by atoms with Crippen molar-refractivity contribution in [3.63, 3.8) is 0 Å². The third-order valence-electron chi connectivity index (χ3n) is 3.48. The average molecular weight is 768 g/mol. The summed E-state index contributed by atoms with van der Waals surface area (Å²) in [5.74, 6) is 12.3. The molecule has 0 N–H and O–H groups in total. The Labute approximate surface area is 285 Å². The van der Waals surface area contributed by atoms with Crippen LogP contribution in [-0.4, -0.2) is 101 Å². The van der Waals surface area contributed by atoms with Gasteiger partial charge in [-0.25, -0.2) is 0 Å². The van der Waals surface area contributed by atoms with Crippen LogP contribution in [0.2, 0.25) is 0 Å². The molecule has 0 aromatic carbocycles. The monoisotopic (exact) mass is 766 g/mol. The summed E-state index contributed by atoms with van der Waals surface area (Å²) < 4.78 is 0. The highest BCUT2D eigenvalue weighted by Gasteiger charge is 2.11. The molecule has 0 aromatic heterocycles. The third-order valence-corrected chi connectivity index (χ3v) is 19.8. The first-order valence-corrected chi connectivity index (χ1v) is 24.6. The predicted octanol–water partition coefficient (Wildman–Crippen LogP) is 8.25. The normalized spacial score (nSPS) is 17.3. The van der Waals surface area contributed by atoms with Crippen molar-refractivity contribution in [3.8, 4) is 0 Å². The second kappa shape index (κ2) is 28.7. The van der Waals surface area contributed by atoms with E-state index in [0.29, 0.717) is 31.5 Å². The summed E-state index contributed by atoms with van der Waals surface area (Å²) in [6, 6.07) is 0. The third kappa shape index (κ3) is 27.8. The lowest BCUT2D eigenvalue weighted by Gasteiger charge is -2.14. The van der Waals surface area contributed by atoms with Crippen LogP contribution in [0.3, 0.4) is 0 Å². The molecule has 0 amide bonds. The van der Waals surface area contributed by atoms with Gasteiger partial charge in [0.2, 0.25) is 0 Å². The Morgan fingerprint density at radius 3 is 0.735 bits per heavy atom. The van der Waals surface area contributed by atoms with Gasteiger partial charge in [-0.1, -0.05) is 64.8 Å². The summed E-state index contributed by atoms with van der Waals surface area (Å²) in [4.78, 5) is 0. The van der Waals surface area contributed by atoms with Gasteiger partial charge in [0, 0.05) is 101 Å². The van der Waals surface area contributed by atoms with Crippen molar-refractivity contribution in [2.24, 2.45) is 0 Å². The number of thioether (sulfide) groups is 2. The van der Waals surface area contributed by atoms with Gasteiger partial charge in [-0.2, -0.15) is 125 Å². The van der Waals surface area contributed by atoms with Crippen LogP contribution in [0.15, 0.2) is 0 Å². The summed E-state index contributed by atoms with van der Waals surface area (Å²) in [5, 5.41) is 2.44. The Morgan fingerprint density at radius 2 is 0.529 bits per heavy atom. The summed E-state index contributed by atoms with van der Waals surface area (Å²) in [6.45, 7) is 0. The van der Waals surface area contributed by atoms with Crippen molar-refractivity contribution in [3.05, 3.63) is 0 Å². The van der Waals surface area contributed by atoms with Crippen LogP contribution in [0.5, 0.6) is 0 Å². The molecule has 6 unspecified atom stereocenters. The van der Waals surface area contributed by atoms with E-state index in [9.17, 15) is 0 Å². The van der Waals surface area contributed by atoms with Gasteiger partial charge >= 0.3 is 0 Å². The lowest BCUT2D eigenvalue weighted by molar-refractivity contribution is 1.13. The van der Waals surface area contributed by atoms with E-state index in [2.05, 4.69) is 50.5 Å². The fourth-order valence-electron chi connectivity index (χ4n) is 1.74. The number of hydrogen-bond acceptors (Lipinski definition) is 16. The molecule has 0 aliphatic carbocycles. The summed E-state index contributed by atoms with van der Waals surface area (Å²) in [6.07, 6.45) is 0. The Morgan fingerprint density at radius 1 is 0.324 bits per heavy atom. The molecule has 0 nitrogen and oxygen atoms in total. The highest BCUT2D eigenvalue weighted by molar-refractivity contribution is 8.77. The van der Waals surface area contributed by atoms with Crippen molar-refractivity contribution in [2.45, 2.75) is 31.5 Å². The maximum atomic E-state index is 4.76. The molecule has 0 aliphatic heterocycles. The average Bonchev–Trinajstić information content (AvgIpc) is 2.81. The lowest BCUT2D eigenvalue weighted by Crippen LogP contribution is -2.12. The van der Waals surface area contributed by atoms with E-state index >= 15 is 0 Å². The number of thiol groups is 8. The van der Waals surface area contributed by atoms with Crippen LogP contribution in [0.25, 0.3) is 0 Å². The molecule has 0 spiro atoms. The molecule has 0 saturated carbocycles. The van der Waals surface area contributed by atoms with Crippen molar-refractivity contribution < 1.29 is 0 Å². The van der Waals surface area contributed by atoms with Crippen LogP contribution in [0.1, 0.15) is 0 Å². The van der Waals surface area contributed by atoms with E-state index in [1.165, 1.54) is 0 Å². The molecule has 206 valence electrons. The van der Waals surface area contributed by atoms with Crippen LogP contribution < -0.4 is 0 Å². The fourth-order valence-corrected chi connectivity index (χ4v) is 16.1. The maximum absolute atomic E-state index is 4.76. The van der Waals surface area contributed by atoms with E-state index in [1.807, 2.05) is 88.3 Å². The Bertz CT molecular complexity index is 395. The van der Waals surface area contributed by atoms with E-state index < -0.39 is 0 Å². The molecule has 0 aromatic rings. The zero-order chi connectivity index (χ0) is 25.6.